The van der Waals surface area contributed by atoms with Gasteiger partial charge >= 0.3 is 0 Å². The van der Waals surface area contributed by atoms with Crippen LogP contribution in [0.25, 0.3) is 11.0 Å². The number of benzene rings is 1. The van der Waals surface area contributed by atoms with E-state index in [0.717, 1.165) is 35.6 Å². The number of aryl methyl sites for hydroxylation is 1. The molecule has 1 amide bonds. The molecule has 0 unspecified atom stereocenters. The van der Waals surface area contributed by atoms with E-state index in [0.29, 0.717) is 6.04 Å². The third-order valence-electron chi connectivity index (χ3n) is 3.51. The molecule has 1 aliphatic carbocycles. The number of nitrogens with one attached hydrogen (secondary N) is 1. The summed E-state index contributed by atoms with van der Waals surface area (Å²) in [6, 6.07) is 8.52. The number of hydrogen-bond donors (Lipinski definition) is 1. The molecule has 0 radical (unpaired) electrons. The van der Waals surface area contributed by atoms with Gasteiger partial charge in [0.2, 0.25) is 5.91 Å². The lowest BCUT2D eigenvalue weighted by Gasteiger charge is -2.12. The number of rotatable bonds is 5. The van der Waals surface area contributed by atoms with E-state index in [2.05, 4.69) is 27.9 Å². The van der Waals surface area contributed by atoms with Crippen molar-refractivity contribution in [2.75, 3.05) is 0 Å². The molecule has 1 saturated carbocycles. The van der Waals surface area contributed by atoms with E-state index < -0.39 is 0 Å². The van der Waals surface area contributed by atoms with Crippen molar-refractivity contribution in [2.45, 2.75) is 49.7 Å². The van der Waals surface area contributed by atoms with Gasteiger partial charge in [-0.25, -0.2) is 4.98 Å². The van der Waals surface area contributed by atoms with Gasteiger partial charge in [0.05, 0.1) is 16.3 Å². The highest BCUT2D eigenvalue weighted by Gasteiger charge is 2.26. The van der Waals surface area contributed by atoms with E-state index >= 15 is 0 Å². The van der Waals surface area contributed by atoms with Crippen molar-refractivity contribution in [1.29, 1.82) is 0 Å². The van der Waals surface area contributed by atoms with Crippen LogP contribution >= 0.6 is 11.8 Å². The first-order valence-electron chi connectivity index (χ1n) is 7.11. The molecular formula is C15H19N3OS. The maximum atomic E-state index is 12.0. The zero-order chi connectivity index (χ0) is 14.1. The van der Waals surface area contributed by atoms with Crippen LogP contribution in [0, 0.1) is 0 Å². The average Bonchev–Trinajstić information content (AvgIpc) is 3.18. The summed E-state index contributed by atoms with van der Waals surface area (Å²) in [5.74, 6) is 0.118. The number of thioether (sulfide) groups is 1. The van der Waals surface area contributed by atoms with E-state index in [-0.39, 0.29) is 11.2 Å². The molecule has 5 heteroatoms. The zero-order valence-corrected chi connectivity index (χ0v) is 12.6. The minimum absolute atomic E-state index is 0.113. The molecule has 1 fully saturated rings. The summed E-state index contributed by atoms with van der Waals surface area (Å²) in [4.78, 5) is 16.7. The van der Waals surface area contributed by atoms with Crippen LogP contribution in [0.2, 0.25) is 0 Å². The van der Waals surface area contributed by atoms with Crippen molar-refractivity contribution in [3.05, 3.63) is 24.3 Å². The summed E-state index contributed by atoms with van der Waals surface area (Å²) in [7, 11) is 0. The minimum atomic E-state index is -0.113. The summed E-state index contributed by atoms with van der Waals surface area (Å²) >= 11 is 1.54. The molecule has 1 aromatic heterocycles. The predicted octanol–water partition coefficient (Wildman–Crippen LogP) is 2.82. The fourth-order valence-electron chi connectivity index (χ4n) is 2.21. The molecule has 0 saturated heterocycles. The Morgan fingerprint density at radius 3 is 2.95 bits per heavy atom. The van der Waals surface area contributed by atoms with Gasteiger partial charge in [0.15, 0.2) is 5.16 Å². The highest BCUT2D eigenvalue weighted by molar-refractivity contribution is 8.00. The van der Waals surface area contributed by atoms with Crippen LogP contribution in [0.3, 0.4) is 0 Å². The smallest absolute Gasteiger partial charge is 0.233 e. The van der Waals surface area contributed by atoms with Gasteiger partial charge in [-0.2, -0.15) is 0 Å². The molecule has 20 heavy (non-hydrogen) atoms. The lowest BCUT2D eigenvalue weighted by molar-refractivity contribution is -0.120. The van der Waals surface area contributed by atoms with Crippen LogP contribution in [0.4, 0.5) is 0 Å². The van der Waals surface area contributed by atoms with E-state index in [1.807, 2.05) is 25.1 Å². The summed E-state index contributed by atoms with van der Waals surface area (Å²) in [5, 5.41) is 3.86. The predicted molar refractivity (Wildman–Crippen MR) is 81.9 cm³/mol. The van der Waals surface area contributed by atoms with Crippen LogP contribution in [-0.2, 0) is 11.3 Å². The maximum Gasteiger partial charge on any atom is 0.233 e. The first-order chi connectivity index (χ1) is 9.69. The van der Waals surface area contributed by atoms with E-state index in [1.54, 1.807) is 0 Å². The Hall–Kier alpha value is -1.49. The van der Waals surface area contributed by atoms with Crippen molar-refractivity contribution < 1.29 is 4.79 Å². The second-order valence-corrected chi connectivity index (χ2v) is 6.48. The molecule has 1 N–H and O–H groups in total. The molecule has 1 aromatic carbocycles. The standard InChI is InChI=1S/C15H19N3OS/c1-3-18-13-7-5-4-6-12(13)17-15(18)20-10(2)14(19)16-11-8-9-11/h4-7,10-11H,3,8-9H2,1-2H3,(H,16,19)/t10-/m0/s1. The molecule has 0 aliphatic heterocycles. The van der Waals surface area contributed by atoms with Gasteiger partial charge in [-0.15, -0.1) is 0 Å². The molecule has 1 heterocycles. The topological polar surface area (TPSA) is 46.9 Å². The third-order valence-corrected chi connectivity index (χ3v) is 4.60. The highest BCUT2D eigenvalue weighted by Crippen LogP contribution is 2.28. The molecule has 1 atom stereocenters. The van der Waals surface area contributed by atoms with Crippen molar-refractivity contribution in [1.82, 2.24) is 14.9 Å². The van der Waals surface area contributed by atoms with E-state index in [9.17, 15) is 4.79 Å². The van der Waals surface area contributed by atoms with Gasteiger partial charge in [0, 0.05) is 12.6 Å². The molecule has 2 aromatic rings. The fourth-order valence-corrected chi connectivity index (χ4v) is 3.20. The van der Waals surface area contributed by atoms with Crippen molar-refractivity contribution >= 4 is 28.7 Å². The number of hydrogen-bond acceptors (Lipinski definition) is 3. The molecule has 3 rings (SSSR count). The number of carbonyl (C=O) groups is 1. The fraction of sp³-hybridized carbons (Fsp3) is 0.467. The third kappa shape index (κ3) is 2.68. The summed E-state index contributed by atoms with van der Waals surface area (Å²) < 4.78 is 2.17. The number of aromatic nitrogens is 2. The Balaban J connectivity index is 1.80. The first kappa shape index (κ1) is 13.5. The van der Waals surface area contributed by atoms with Crippen molar-refractivity contribution in [3.63, 3.8) is 0 Å². The van der Waals surface area contributed by atoms with Gasteiger partial charge in [0.25, 0.3) is 0 Å². The molecule has 106 valence electrons. The number of fused-ring (bicyclic) bond motifs is 1. The van der Waals surface area contributed by atoms with Crippen LogP contribution in [0.15, 0.2) is 29.4 Å². The second kappa shape index (κ2) is 5.48. The Labute approximate surface area is 123 Å². The Morgan fingerprint density at radius 1 is 1.50 bits per heavy atom. The number of nitrogens with zero attached hydrogens (tertiary/aromatic N) is 2. The summed E-state index contributed by atoms with van der Waals surface area (Å²) in [6.07, 6.45) is 2.24. The number of imidazole rings is 1. The van der Waals surface area contributed by atoms with Crippen LogP contribution < -0.4 is 5.32 Å². The Morgan fingerprint density at radius 2 is 2.25 bits per heavy atom. The molecule has 4 nitrogen and oxygen atoms in total. The van der Waals surface area contributed by atoms with Gasteiger partial charge in [-0.3, -0.25) is 4.79 Å². The Bertz CT molecular complexity index is 633. The maximum absolute atomic E-state index is 12.0. The van der Waals surface area contributed by atoms with E-state index in [4.69, 9.17) is 0 Å². The van der Waals surface area contributed by atoms with Crippen molar-refractivity contribution in [3.8, 4) is 0 Å². The normalized spacial score (nSPS) is 16.3. The largest absolute Gasteiger partial charge is 0.352 e. The van der Waals surface area contributed by atoms with Gasteiger partial charge in [-0.05, 0) is 38.8 Å². The number of carbonyl (C=O) groups excluding carboxylic acids is 1. The molecule has 1 aliphatic rings. The summed E-state index contributed by atoms with van der Waals surface area (Å²) in [5.41, 5.74) is 2.12. The second-order valence-electron chi connectivity index (χ2n) is 5.17. The average molecular weight is 289 g/mol. The minimum Gasteiger partial charge on any atom is -0.352 e. The van der Waals surface area contributed by atoms with E-state index in [1.165, 1.54) is 11.8 Å². The van der Waals surface area contributed by atoms with Crippen LogP contribution in [0.5, 0.6) is 0 Å². The first-order valence-corrected chi connectivity index (χ1v) is 7.99. The quantitative estimate of drug-likeness (QED) is 0.861. The van der Waals surface area contributed by atoms with Gasteiger partial charge in [0.1, 0.15) is 0 Å². The lowest BCUT2D eigenvalue weighted by Crippen LogP contribution is -2.32. The monoisotopic (exact) mass is 289 g/mol. The van der Waals surface area contributed by atoms with Crippen LogP contribution in [0.1, 0.15) is 26.7 Å². The lowest BCUT2D eigenvalue weighted by atomic mass is 10.3. The zero-order valence-electron chi connectivity index (χ0n) is 11.8. The Kier molecular flexibility index (Phi) is 3.70. The molecule has 0 bridgehead atoms. The SMILES string of the molecule is CCn1c(S[C@@H](C)C(=O)NC2CC2)nc2ccccc21. The van der Waals surface area contributed by atoms with Gasteiger partial charge < -0.3 is 9.88 Å². The molecular weight excluding hydrogens is 270 g/mol. The van der Waals surface area contributed by atoms with Crippen molar-refractivity contribution in [2.24, 2.45) is 0 Å². The summed E-state index contributed by atoms with van der Waals surface area (Å²) in [6.45, 7) is 4.91. The van der Waals surface area contributed by atoms with Crippen LogP contribution in [-0.4, -0.2) is 26.8 Å². The molecule has 0 spiro atoms. The van der Waals surface area contributed by atoms with Gasteiger partial charge in [-0.1, -0.05) is 23.9 Å². The number of amides is 1. The number of para-hydroxylation sites is 2. The highest BCUT2D eigenvalue weighted by atomic mass is 32.2.